The van der Waals surface area contributed by atoms with Gasteiger partial charge >= 0.3 is 0 Å². The van der Waals surface area contributed by atoms with Gasteiger partial charge in [-0.1, -0.05) is 17.7 Å². The molecule has 0 bridgehead atoms. The molecule has 6 nitrogen and oxygen atoms in total. The molecule has 148 valence electrons. The van der Waals surface area contributed by atoms with Crippen molar-refractivity contribution in [2.45, 2.75) is 19.8 Å². The topological polar surface area (TPSA) is 52.6 Å². The Bertz CT molecular complexity index is 815. The molecule has 0 N–H and O–H groups in total. The first-order valence-electron chi connectivity index (χ1n) is 9.92. The van der Waals surface area contributed by atoms with Crippen molar-refractivity contribution in [2.24, 2.45) is 5.92 Å². The molecule has 0 aliphatic carbocycles. The minimum atomic E-state index is 0.118. The fourth-order valence-electron chi connectivity index (χ4n) is 4.16. The highest BCUT2D eigenvalue weighted by Gasteiger charge is 2.31. The zero-order valence-corrected chi connectivity index (χ0v) is 17.0. The lowest BCUT2D eigenvalue weighted by Gasteiger charge is -2.40. The van der Waals surface area contributed by atoms with E-state index >= 15 is 0 Å². The van der Waals surface area contributed by atoms with Gasteiger partial charge in [0.25, 0.3) is 0 Å². The summed E-state index contributed by atoms with van der Waals surface area (Å²) in [6.07, 6.45) is 6.95. The summed E-state index contributed by atoms with van der Waals surface area (Å²) in [7, 11) is 0. The Morgan fingerprint density at radius 2 is 1.79 bits per heavy atom. The van der Waals surface area contributed by atoms with Gasteiger partial charge in [0, 0.05) is 68.3 Å². The lowest BCUT2D eigenvalue weighted by molar-refractivity contribution is -0.136. The summed E-state index contributed by atoms with van der Waals surface area (Å²) < 4.78 is 0. The molecule has 1 aromatic heterocycles. The molecule has 3 heterocycles. The van der Waals surface area contributed by atoms with E-state index in [0.29, 0.717) is 5.91 Å². The van der Waals surface area contributed by atoms with Crippen molar-refractivity contribution in [3.63, 3.8) is 0 Å². The molecular weight excluding hydrogens is 374 g/mol. The lowest BCUT2D eigenvalue weighted by atomic mass is 9.95. The van der Waals surface area contributed by atoms with Crippen molar-refractivity contribution in [3.05, 3.63) is 47.4 Å². The number of aryl methyl sites for hydroxylation is 1. The van der Waals surface area contributed by atoms with Crippen LogP contribution >= 0.6 is 11.6 Å². The van der Waals surface area contributed by atoms with E-state index in [-0.39, 0.29) is 5.92 Å². The lowest BCUT2D eigenvalue weighted by Crippen LogP contribution is -2.52. The Balaban J connectivity index is 1.30. The second-order valence-corrected chi connectivity index (χ2v) is 8.00. The van der Waals surface area contributed by atoms with Crippen LogP contribution in [0, 0.1) is 12.8 Å². The maximum Gasteiger partial charge on any atom is 0.225 e. The summed E-state index contributed by atoms with van der Waals surface area (Å²) in [4.78, 5) is 28.1. The van der Waals surface area contributed by atoms with Gasteiger partial charge in [0.1, 0.15) is 5.82 Å². The van der Waals surface area contributed by atoms with Gasteiger partial charge in [-0.25, -0.2) is 4.98 Å². The van der Waals surface area contributed by atoms with E-state index in [4.69, 9.17) is 11.6 Å². The maximum absolute atomic E-state index is 13.0. The van der Waals surface area contributed by atoms with Gasteiger partial charge in [-0.3, -0.25) is 9.78 Å². The Labute approximate surface area is 171 Å². The van der Waals surface area contributed by atoms with Crippen LogP contribution in [0.3, 0.4) is 0 Å². The molecule has 7 heteroatoms. The summed E-state index contributed by atoms with van der Waals surface area (Å²) in [6, 6.07) is 6.00. The number of hydrogen-bond donors (Lipinski definition) is 0. The number of carbonyl (C=O) groups is 1. The van der Waals surface area contributed by atoms with Gasteiger partial charge in [-0.15, -0.1) is 0 Å². The first-order chi connectivity index (χ1) is 13.6. The zero-order valence-electron chi connectivity index (χ0n) is 16.2. The largest absolute Gasteiger partial charge is 0.368 e. The van der Waals surface area contributed by atoms with Gasteiger partial charge in [-0.05, 0) is 37.5 Å². The predicted octanol–water partition coefficient (Wildman–Crippen LogP) is 3.00. The fourth-order valence-corrected chi connectivity index (χ4v) is 4.33. The van der Waals surface area contributed by atoms with Crippen molar-refractivity contribution in [1.82, 2.24) is 14.9 Å². The van der Waals surface area contributed by atoms with E-state index in [1.54, 1.807) is 18.6 Å². The Hall–Kier alpha value is -2.34. The number of piperazine rings is 1. The van der Waals surface area contributed by atoms with Crippen molar-refractivity contribution >= 4 is 29.0 Å². The summed E-state index contributed by atoms with van der Waals surface area (Å²) in [6.45, 7) is 7.07. The number of halogens is 1. The molecule has 1 amide bonds. The van der Waals surface area contributed by atoms with E-state index in [1.807, 2.05) is 17.0 Å². The minimum absolute atomic E-state index is 0.118. The summed E-state index contributed by atoms with van der Waals surface area (Å²) in [5.74, 6) is 1.33. The molecule has 0 spiro atoms. The highest BCUT2D eigenvalue weighted by Crippen LogP contribution is 2.27. The number of benzene rings is 1. The van der Waals surface area contributed by atoms with Gasteiger partial charge in [0.2, 0.25) is 5.91 Å². The summed E-state index contributed by atoms with van der Waals surface area (Å²) in [5, 5.41) is 0.758. The van der Waals surface area contributed by atoms with Crippen molar-refractivity contribution in [1.29, 1.82) is 0 Å². The molecule has 4 rings (SSSR count). The van der Waals surface area contributed by atoms with Gasteiger partial charge in [-0.2, -0.15) is 0 Å². The average Bonchev–Trinajstić information content (AvgIpc) is 2.76. The van der Waals surface area contributed by atoms with Crippen LogP contribution in [-0.2, 0) is 4.79 Å². The highest BCUT2D eigenvalue weighted by atomic mass is 35.5. The molecule has 2 saturated heterocycles. The Kier molecular flexibility index (Phi) is 5.67. The summed E-state index contributed by atoms with van der Waals surface area (Å²) >= 11 is 6.17. The molecule has 28 heavy (non-hydrogen) atoms. The van der Waals surface area contributed by atoms with Gasteiger partial charge in [0.05, 0.1) is 6.20 Å². The third-order valence-electron chi connectivity index (χ3n) is 5.82. The van der Waals surface area contributed by atoms with Crippen LogP contribution in [0.15, 0.2) is 36.8 Å². The molecule has 0 atom stereocenters. The standard InChI is InChI=1S/C21H26ClN5O/c1-16-2-3-18(22)14-19(16)25-10-12-27(13-11-25)21(28)17-4-8-26(9-5-17)20-15-23-6-7-24-20/h2-3,6-7,14-15,17H,4-5,8-13H2,1H3. The van der Waals surface area contributed by atoms with Gasteiger partial charge in [0.15, 0.2) is 0 Å². The zero-order chi connectivity index (χ0) is 19.5. The van der Waals surface area contributed by atoms with Crippen LogP contribution in [0.25, 0.3) is 0 Å². The number of amides is 1. The van der Waals surface area contributed by atoms with Crippen LogP contribution in [0.2, 0.25) is 5.02 Å². The molecule has 0 radical (unpaired) electrons. The molecule has 2 aromatic rings. The van der Waals surface area contributed by atoms with Crippen LogP contribution in [-0.4, -0.2) is 60.0 Å². The smallest absolute Gasteiger partial charge is 0.225 e. The van der Waals surface area contributed by atoms with E-state index < -0.39 is 0 Å². The first-order valence-corrected chi connectivity index (χ1v) is 10.3. The highest BCUT2D eigenvalue weighted by molar-refractivity contribution is 6.30. The van der Waals surface area contributed by atoms with Crippen LogP contribution in [0.4, 0.5) is 11.5 Å². The van der Waals surface area contributed by atoms with E-state index in [1.165, 1.54) is 11.3 Å². The van der Waals surface area contributed by atoms with Gasteiger partial charge < -0.3 is 14.7 Å². The Morgan fingerprint density at radius 1 is 1.04 bits per heavy atom. The molecular formula is C21H26ClN5O. The van der Waals surface area contributed by atoms with E-state index in [9.17, 15) is 4.79 Å². The molecule has 0 saturated carbocycles. The van der Waals surface area contributed by atoms with Crippen LogP contribution in [0.1, 0.15) is 18.4 Å². The Morgan fingerprint density at radius 3 is 2.46 bits per heavy atom. The number of piperidine rings is 1. The van der Waals surface area contributed by atoms with Crippen molar-refractivity contribution < 1.29 is 4.79 Å². The summed E-state index contributed by atoms with van der Waals surface area (Å²) in [5.41, 5.74) is 2.40. The average molecular weight is 400 g/mol. The number of rotatable bonds is 3. The van der Waals surface area contributed by atoms with E-state index in [2.05, 4.69) is 32.8 Å². The van der Waals surface area contributed by atoms with Crippen LogP contribution in [0.5, 0.6) is 0 Å². The monoisotopic (exact) mass is 399 g/mol. The second kappa shape index (κ2) is 8.35. The van der Waals surface area contributed by atoms with Crippen LogP contribution < -0.4 is 9.80 Å². The quantitative estimate of drug-likeness (QED) is 0.794. The second-order valence-electron chi connectivity index (χ2n) is 7.57. The minimum Gasteiger partial charge on any atom is -0.368 e. The SMILES string of the molecule is Cc1ccc(Cl)cc1N1CCN(C(=O)C2CCN(c3cnccn3)CC2)CC1. The number of hydrogen-bond acceptors (Lipinski definition) is 5. The normalized spacial score (nSPS) is 18.4. The fraction of sp³-hybridized carbons (Fsp3) is 0.476. The molecule has 0 unspecified atom stereocenters. The molecule has 2 fully saturated rings. The van der Waals surface area contributed by atoms with E-state index in [0.717, 1.165) is 63.0 Å². The third-order valence-corrected chi connectivity index (χ3v) is 6.06. The molecule has 1 aromatic carbocycles. The molecule has 2 aliphatic rings. The number of nitrogens with zero attached hydrogens (tertiary/aromatic N) is 5. The maximum atomic E-state index is 13.0. The number of aromatic nitrogens is 2. The molecule has 2 aliphatic heterocycles. The van der Waals surface area contributed by atoms with Crippen molar-refractivity contribution in [3.8, 4) is 0 Å². The number of carbonyl (C=O) groups excluding carboxylic acids is 1. The predicted molar refractivity (Wildman–Crippen MR) is 112 cm³/mol. The first kappa shape index (κ1) is 19.0. The third kappa shape index (κ3) is 4.07. The van der Waals surface area contributed by atoms with Crippen molar-refractivity contribution in [2.75, 3.05) is 49.1 Å². The number of anilines is 2.